The molecule has 0 heterocycles. The van der Waals surface area contributed by atoms with Crippen molar-refractivity contribution in [1.82, 2.24) is 0 Å². The molecule has 0 atom stereocenters. The van der Waals surface area contributed by atoms with Gasteiger partial charge in [0.15, 0.2) is 4.99 Å². The van der Waals surface area contributed by atoms with Crippen molar-refractivity contribution in [2.45, 2.75) is 0 Å². The van der Waals surface area contributed by atoms with Crippen LogP contribution in [0.3, 0.4) is 0 Å². The summed E-state index contributed by atoms with van der Waals surface area (Å²) in [6.07, 6.45) is 0. The van der Waals surface area contributed by atoms with Gasteiger partial charge in [0.25, 0.3) is 0 Å². The van der Waals surface area contributed by atoms with Crippen LogP contribution < -0.4 is 5.32 Å². The first-order chi connectivity index (χ1) is 7.68. The third kappa shape index (κ3) is 2.01. The molecule has 4 heteroatoms. The van der Waals surface area contributed by atoms with Gasteiger partial charge >= 0.3 is 5.97 Å². The molecule has 2 aromatic carbocycles. The number of benzene rings is 2. The standard InChI is InChI=1S/C12H9NO2S/c14-12(15)11(16)13-10-7-3-5-8-4-1-2-6-9(8)10/h1-7H,(H,13,16)(H,14,15). The fraction of sp³-hybridized carbons (Fsp3) is 0. The van der Waals surface area contributed by atoms with E-state index >= 15 is 0 Å². The van der Waals surface area contributed by atoms with Crippen molar-refractivity contribution < 1.29 is 9.90 Å². The van der Waals surface area contributed by atoms with Crippen LogP contribution in [0.1, 0.15) is 0 Å². The summed E-state index contributed by atoms with van der Waals surface area (Å²) in [5.74, 6) is -1.12. The Bertz CT molecular complexity index is 560. The predicted octanol–water partition coefficient (Wildman–Crippen LogP) is 2.66. The van der Waals surface area contributed by atoms with Gasteiger partial charge in [-0.2, -0.15) is 0 Å². The van der Waals surface area contributed by atoms with Crippen LogP contribution >= 0.6 is 12.2 Å². The monoisotopic (exact) mass is 231 g/mol. The van der Waals surface area contributed by atoms with E-state index in [4.69, 9.17) is 17.3 Å². The summed E-state index contributed by atoms with van der Waals surface area (Å²) in [6, 6.07) is 13.3. The number of thiocarbonyl (C=S) groups is 1. The van der Waals surface area contributed by atoms with E-state index in [-0.39, 0.29) is 4.99 Å². The molecule has 0 aromatic heterocycles. The van der Waals surface area contributed by atoms with E-state index in [1.165, 1.54) is 0 Å². The van der Waals surface area contributed by atoms with Crippen LogP contribution in [0.5, 0.6) is 0 Å². The average Bonchev–Trinajstić information content (AvgIpc) is 2.29. The molecule has 0 saturated heterocycles. The van der Waals surface area contributed by atoms with Crippen LogP contribution in [0.25, 0.3) is 10.8 Å². The highest BCUT2D eigenvalue weighted by atomic mass is 32.1. The molecule has 0 bridgehead atoms. The van der Waals surface area contributed by atoms with E-state index in [2.05, 4.69) is 5.32 Å². The van der Waals surface area contributed by atoms with Gasteiger partial charge in [-0.25, -0.2) is 4.79 Å². The number of fused-ring (bicyclic) bond motifs is 1. The summed E-state index contributed by atoms with van der Waals surface area (Å²) in [5, 5.41) is 13.4. The molecule has 0 spiro atoms. The highest BCUT2D eigenvalue weighted by molar-refractivity contribution is 7.82. The second-order valence-corrected chi connectivity index (χ2v) is 3.69. The Hall–Kier alpha value is -1.94. The number of rotatable bonds is 1. The van der Waals surface area contributed by atoms with Gasteiger partial charge in [0.2, 0.25) is 0 Å². The Morgan fingerprint density at radius 2 is 1.81 bits per heavy atom. The first kappa shape index (κ1) is 10.6. The molecule has 0 unspecified atom stereocenters. The lowest BCUT2D eigenvalue weighted by atomic mass is 10.1. The van der Waals surface area contributed by atoms with Crippen molar-refractivity contribution in [3.63, 3.8) is 0 Å². The van der Waals surface area contributed by atoms with Crippen LogP contribution in [0.2, 0.25) is 0 Å². The van der Waals surface area contributed by atoms with Gasteiger partial charge in [0.05, 0.1) is 0 Å². The molecule has 80 valence electrons. The zero-order valence-electron chi connectivity index (χ0n) is 8.31. The Kier molecular flexibility index (Phi) is 2.83. The number of anilines is 1. The summed E-state index contributed by atoms with van der Waals surface area (Å²) in [7, 11) is 0. The second kappa shape index (κ2) is 4.28. The number of carboxylic acids is 1. The molecule has 2 N–H and O–H groups in total. The van der Waals surface area contributed by atoms with Crippen molar-refractivity contribution in [2.75, 3.05) is 5.32 Å². The lowest BCUT2D eigenvalue weighted by Crippen LogP contribution is -2.19. The van der Waals surface area contributed by atoms with Gasteiger partial charge in [-0.3, -0.25) is 0 Å². The van der Waals surface area contributed by atoms with Gasteiger partial charge in [-0.1, -0.05) is 48.6 Å². The normalized spacial score (nSPS) is 10.0. The smallest absolute Gasteiger partial charge is 0.363 e. The predicted molar refractivity (Wildman–Crippen MR) is 67.8 cm³/mol. The molecule has 0 saturated carbocycles. The van der Waals surface area contributed by atoms with Crippen LogP contribution in [0.4, 0.5) is 5.69 Å². The molecule has 0 radical (unpaired) electrons. The number of carboxylic acid groups (broad SMARTS) is 1. The summed E-state index contributed by atoms with van der Waals surface area (Å²) in [6.45, 7) is 0. The SMILES string of the molecule is O=C(O)C(=S)Nc1cccc2ccccc12. The zero-order chi connectivity index (χ0) is 11.5. The molecular formula is C12H9NO2S. The van der Waals surface area contributed by atoms with Crippen molar-refractivity contribution in [3.8, 4) is 0 Å². The zero-order valence-corrected chi connectivity index (χ0v) is 9.12. The van der Waals surface area contributed by atoms with E-state index in [0.717, 1.165) is 10.8 Å². The largest absolute Gasteiger partial charge is 0.476 e. The van der Waals surface area contributed by atoms with E-state index in [1.807, 2.05) is 36.4 Å². The van der Waals surface area contributed by atoms with Gasteiger partial charge in [-0.05, 0) is 11.5 Å². The quantitative estimate of drug-likeness (QED) is 0.741. The Labute approximate surface area is 97.7 Å². The van der Waals surface area contributed by atoms with E-state index in [9.17, 15) is 4.79 Å². The fourth-order valence-electron chi connectivity index (χ4n) is 1.51. The van der Waals surface area contributed by atoms with Crippen LogP contribution in [-0.4, -0.2) is 16.1 Å². The van der Waals surface area contributed by atoms with Gasteiger partial charge < -0.3 is 10.4 Å². The van der Waals surface area contributed by atoms with E-state index in [1.54, 1.807) is 6.07 Å². The molecule has 0 aliphatic carbocycles. The minimum absolute atomic E-state index is 0.198. The van der Waals surface area contributed by atoms with Crippen molar-refractivity contribution >= 4 is 39.6 Å². The molecule has 16 heavy (non-hydrogen) atoms. The maximum atomic E-state index is 10.6. The van der Waals surface area contributed by atoms with Crippen LogP contribution in [0.15, 0.2) is 42.5 Å². The molecule has 0 aliphatic heterocycles. The Morgan fingerprint density at radius 1 is 1.12 bits per heavy atom. The number of nitrogens with one attached hydrogen (secondary N) is 1. The van der Waals surface area contributed by atoms with Crippen molar-refractivity contribution in [1.29, 1.82) is 0 Å². The second-order valence-electron chi connectivity index (χ2n) is 3.29. The molecule has 2 aromatic rings. The molecule has 2 rings (SSSR count). The third-order valence-corrected chi connectivity index (χ3v) is 2.51. The molecule has 0 fully saturated rings. The summed E-state index contributed by atoms with van der Waals surface area (Å²) < 4.78 is 0. The molecule has 3 nitrogen and oxygen atoms in total. The lowest BCUT2D eigenvalue weighted by molar-refractivity contribution is -0.129. The molecule has 0 aliphatic rings. The van der Waals surface area contributed by atoms with Crippen LogP contribution in [-0.2, 0) is 4.79 Å². The summed E-state index contributed by atoms with van der Waals surface area (Å²) >= 11 is 4.71. The summed E-state index contributed by atoms with van der Waals surface area (Å²) in [4.78, 5) is 10.4. The van der Waals surface area contributed by atoms with Gasteiger partial charge in [0, 0.05) is 11.1 Å². The van der Waals surface area contributed by atoms with Crippen LogP contribution in [0, 0.1) is 0 Å². The Balaban J connectivity index is 2.45. The van der Waals surface area contributed by atoms with Gasteiger partial charge in [-0.15, -0.1) is 0 Å². The minimum Gasteiger partial charge on any atom is -0.476 e. The van der Waals surface area contributed by atoms with Crippen molar-refractivity contribution in [3.05, 3.63) is 42.5 Å². The Morgan fingerprint density at radius 3 is 2.56 bits per heavy atom. The topological polar surface area (TPSA) is 49.3 Å². The highest BCUT2D eigenvalue weighted by Crippen LogP contribution is 2.22. The summed E-state index contributed by atoms with van der Waals surface area (Å²) in [5.41, 5.74) is 0.713. The van der Waals surface area contributed by atoms with Gasteiger partial charge in [0.1, 0.15) is 0 Å². The first-order valence-electron chi connectivity index (χ1n) is 4.70. The van der Waals surface area contributed by atoms with E-state index in [0.29, 0.717) is 5.69 Å². The maximum absolute atomic E-state index is 10.6. The molecule has 0 amide bonds. The minimum atomic E-state index is -1.12. The van der Waals surface area contributed by atoms with Crippen molar-refractivity contribution in [2.24, 2.45) is 0 Å². The number of aliphatic carboxylic acids is 1. The highest BCUT2D eigenvalue weighted by Gasteiger charge is 2.07. The lowest BCUT2D eigenvalue weighted by Gasteiger charge is -2.07. The first-order valence-corrected chi connectivity index (χ1v) is 5.11. The van der Waals surface area contributed by atoms with E-state index < -0.39 is 5.97 Å². The number of carbonyl (C=O) groups is 1. The maximum Gasteiger partial charge on any atom is 0.363 e. The fourth-order valence-corrected chi connectivity index (χ4v) is 1.62. The average molecular weight is 231 g/mol. The number of hydrogen-bond donors (Lipinski definition) is 2. The molecular weight excluding hydrogens is 222 g/mol. The number of hydrogen-bond acceptors (Lipinski definition) is 2. The third-order valence-electron chi connectivity index (χ3n) is 2.23.